The number of rotatable bonds is 5. The Hall–Kier alpha value is -1.18. The van der Waals surface area contributed by atoms with Crippen molar-refractivity contribution in [1.29, 1.82) is 0 Å². The van der Waals surface area contributed by atoms with Gasteiger partial charge in [-0.15, -0.1) is 0 Å². The molecule has 19 heavy (non-hydrogen) atoms. The summed E-state index contributed by atoms with van der Waals surface area (Å²) in [7, 11) is 0. The Balaban J connectivity index is 2.91. The van der Waals surface area contributed by atoms with Gasteiger partial charge in [-0.1, -0.05) is 20.3 Å². The van der Waals surface area contributed by atoms with Crippen molar-refractivity contribution in [2.45, 2.75) is 26.3 Å². The zero-order chi connectivity index (χ0) is 14.6. The lowest BCUT2D eigenvalue weighted by Crippen LogP contribution is -2.45. The SMILES string of the molecule is CC[C@H](C)[C@H](NC(=O)c1ccc(F)cc1I)C(=O)O. The maximum Gasteiger partial charge on any atom is 0.326 e. The summed E-state index contributed by atoms with van der Waals surface area (Å²) in [5.74, 6) is -2.19. The summed E-state index contributed by atoms with van der Waals surface area (Å²) in [6.07, 6.45) is 0.637. The fraction of sp³-hybridized carbons (Fsp3) is 0.385. The number of hydrogen-bond donors (Lipinski definition) is 2. The number of hydrogen-bond acceptors (Lipinski definition) is 2. The van der Waals surface area contributed by atoms with E-state index in [0.717, 1.165) is 0 Å². The van der Waals surface area contributed by atoms with Crippen molar-refractivity contribution in [3.63, 3.8) is 0 Å². The summed E-state index contributed by atoms with van der Waals surface area (Å²) in [6, 6.07) is 2.81. The molecule has 104 valence electrons. The molecule has 4 nitrogen and oxygen atoms in total. The van der Waals surface area contributed by atoms with E-state index < -0.39 is 23.7 Å². The van der Waals surface area contributed by atoms with Crippen LogP contribution in [-0.2, 0) is 4.79 Å². The van der Waals surface area contributed by atoms with Gasteiger partial charge in [0.05, 0.1) is 5.56 Å². The average Bonchev–Trinajstić information content (AvgIpc) is 2.34. The number of amides is 1. The normalized spacial score (nSPS) is 13.7. The molecule has 0 fully saturated rings. The molecule has 0 aliphatic carbocycles. The summed E-state index contributed by atoms with van der Waals surface area (Å²) in [4.78, 5) is 23.1. The third-order valence-electron chi connectivity index (χ3n) is 2.94. The van der Waals surface area contributed by atoms with Gasteiger partial charge in [-0.05, 0) is 46.7 Å². The highest BCUT2D eigenvalue weighted by Gasteiger charge is 2.26. The van der Waals surface area contributed by atoms with Gasteiger partial charge in [0.2, 0.25) is 0 Å². The highest BCUT2D eigenvalue weighted by atomic mass is 127. The molecule has 1 aromatic rings. The molecule has 2 atom stereocenters. The lowest BCUT2D eigenvalue weighted by molar-refractivity contribution is -0.140. The van der Waals surface area contributed by atoms with Gasteiger partial charge in [-0.2, -0.15) is 0 Å². The maximum atomic E-state index is 13.0. The quantitative estimate of drug-likeness (QED) is 0.774. The van der Waals surface area contributed by atoms with Gasteiger partial charge in [0.15, 0.2) is 0 Å². The lowest BCUT2D eigenvalue weighted by Gasteiger charge is -2.20. The van der Waals surface area contributed by atoms with Crippen LogP contribution in [0.4, 0.5) is 4.39 Å². The smallest absolute Gasteiger partial charge is 0.326 e. The molecule has 0 saturated heterocycles. The maximum absolute atomic E-state index is 13.0. The molecule has 0 saturated carbocycles. The standard InChI is InChI=1S/C13H15FINO3/c1-3-7(2)11(13(18)19)16-12(17)9-5-4-8(14)6-10(9)15/h4-7,11H,3H2,1-2H3,(H,16,17)(H,18,19)/t7-,11-/m0/s1. The average molecular weight is 379 g/mol. The van der Waals surface area contributed by atoms with Crippen LogP contribution in [0.3, 0.4) is 0 Å². The van der Waals surface area contributed by atoms with E-state index in [9.17, 15) is 14.0 Å². The minimum Gasteiger partial charge on any atom is -0.480 e. The van der Waals surface area contributed by atoms with Crippen LogP contribution in [0.1, 0.15) is 30.6 Å². The van der Waals surface area contributed by atoms with Crippen molar-refractivity contribution in [3.05, 3.63) is 33.1 Å². The molecule has 2 N–H and O–H groups in total. The van der Waals surface area contributed by atoms with E-state index in [1.54, 1.807) is 6.92 Å². The van der Waals surface area contributed by atoms with Crippen molar-refractivity contribution in [2.24, 2.45) is 5.92 Å². The monoisotopic (exact) mass is 379 g/mol. The molecule has 0 spiro atoms. The molecule has 1 amide bonds. The number of nitrogens with one attached hydrogen (secondary N) is 1. The van der Waals surface area contributed by atoms with E-state index in [4.69, 9.17) is 5.11 Å². The number of benzene rings is 1. The van der Waals surface area contributed by atoms with Crippen molar-refractivity contribution in [2.75, 3.05) is 0 Å². The second-order valence-corrected chi connectivity index (χ2v) is 5.46. The van der Waals surface area contributed by atoms with Gasteiger partial charge in [0.1, 0.15) is 11.9 Å². The van der Waals surface area contributed by atoms with Crippen molar-refractivity contribution >= 4 is 34.5 Å². The third kappa shape index (κ3) is 4.15. The number of carboxylic acids is 1. The Morgan fingerprint density at radius 3 is 2.58 bits per heavy atom. The summed E-state index contributed by atoms with van der Waals surface area (Å²) in [5.41, 5.74) is 0.275. The number of carboxylic acid groups (broad SMARTS) is 1. The van der Waals surface area contributed by atoms with Crippen molar-refractivity contribution < 1.29 is 19.1 Å². The second kappa shape index (κ2) is 6.83. The minimum absolute atomic E-state index is 0.181. The molecular formula is C13H15FINO3. The fourth-order valence-electron chi connectivity index (χ4n) is 1.58. The van der Waals surface area contributed by atoms with E-state index in [-0.39, 0.29) is 11.5 Å². The first-order valence-corrected chi connectivity index (χ1v) is 6.93. The minimum atomic E-state index is -1.07. The Labute approximate surface area is 124 Å². The molecule has 0 heterocycles. The summed E-state index contributed by atoms with van der Waals surface area (Å²) in [6.45, 7) is 3.61. The van der Waals surface area contributed by atoms with E-state index >= 15 is 0 Å². The zero-order valence-electron chi connectivity index (χ0n) is 10.6. The molecule has 0 aromatic heterocycles. The van der Waals surface area contributed by atoms with Crippen LogP contribution in [0.5, 0.6) is 0 Å². The third-order valence-corrected chi connectivity index (χ3v) is 3.83. The molecular weight excluding hydrogens is 364 g/mol. The fourth-order valence-corrected chi connectivity index (χ4v) is 2.30. The first-order chi connectivity index (χ1) is 8.86. The number of aliphatic carboxylic acids is 1. The summed E-state index contributed by atoms with van der Waals surface area (Å²) < 4.78 is 13.4. The number of carbonyl (C=O) groups excluding carboxylic acids is 1. The van der Waals surface area contributed by atoms with Crippen LogP contribution < -0.4 is 5.32 Å². The van der Waals surface area contributed by atoms with Crippen LogP contribution in [0.15, 0.2) is 18.2 Å². The van der Waals surface area contributed by atoms with Gasteiger partial charge in [-0.3, -0.25) is 4.79 Å². The molecule has 1 aromatic carbocycles. The molecule has 6 heteroatoms. The number of carbonyl (C=O) groups is 2. The Bertz CT molecular complexity index is 493. The van der Waals surface area contributed by atoms with E-state index in [1.807, 2.05) is 29.5 Å². The van der Waals surface area contributed by atoms with Crippen LogP contribution in [-0.4, -0.2) is 23.0 Å². The van der Waals surface area contributed by atoms with E-state index in [2.05, 4.69) is 5.32 Å². The first-order valence-electron chi connectivity index (χ1n) is 5.85. The van der Waals surface area contributed by atoms with Gasteiger partial charge in [0.25, 0.3) is 5.91 Å². The van der Waals surface area contributed by atoms with Gasteiger partial charge < -0.3 is 10.4 Å². The molecule has 1 rings (SSSR count). The van der Waals surface area contributed by atoms with E-state index in [1.165, 1.54) is 18.2 Å². The van der Waals surface area contributed by atoms with Crippen LogP contribution in [0.2, 0.25) is 0 Å². The predicted molar refractivity (Wildman–Crippen MR) is 77.5 cm³/mol. The predicted octanol–water partition coefficient (Wildman–Crippen LogP) is 2.66. The molecule has 0 aliphatic rings. The van der Waals surface area contributed by atoms with E-state index in [0.29, 0.717) is 9.99 Å². The molecule has 0 unspecified atom stereocenters. The van der Waals surface area contributed by atoms with Crippen LogP contribution >= 0.6 is 22.6 Å². The number of halogens is 2. The first kappa shape index (κ1) is 15.9. The Morgan fingerprint density at radius 2 is 2.11 bits per heavy atom. The second-order valence-electron chi connectivity index (χ2n) is 4.30. The van der Waals surface area contributed by atoms with Crippen LogP contribution in [0, 0.1) is 15.3 Å². The highest BCUT2D eigenvalue weighted by molar-refractivity contribution is 14.1. The largest absolute Gasteiger partial charge is 0.480 e. The Kier molecular flexibility index (Phi) is 5.71. The highest BCUT2D eigenvalue weighted by Crippen LogP contribution is 2.15. The summed E-state index contributed by atoms with van der Waals surface area (Å²) in [5, 5.41) is 11.6. The molecule has 0 aliphatic heterocycles. The topological polar surface area (TPSA) is 66.4 Å². The van der Waals surface area contributed by atoms with Gasteiger partial charge >= 0.3 is 5.97 Å². The molecule has 0 radical (unpaired) electrons. The van der Waals surface area contributed by atoms with Crippen LogP contribution in [0.25, 0.3) is 0 Å². The molecule has 0 bridgehead atoms. The van der Waals surface area contributed by atoms with Crippen molar-refractivity contribution in [3.8, 4) is 0 Å². The van der Waals surface area contributed by atoms with Gasteiger partial charge in [0, 0.05) is 3.57 Å². The van der Waals surface area contributed by atoms with Gasteiger partial charge in [-0.25, -0.2) is 9.18 Å². The Morgan fingerprint density at radius 1 is 1.47 bits per heavy atom. The summed E-state index contributed by atoms with van der Waals surface area (Å²) >= 11 is 1.84. The van der Waals surface area contributed by atoms with Crippen molar-refractivity contribution in [1.82, 2.24) is 5.32 Å². The lowest BCUT2D eigenvalue weighted by atomic mass is 9.99. The zero-order valence-corrected chi connectivity index (χ0v) is 12.8.